The number of thiophene rings is 1. The molecule has 0 amide bonds. The van der Waals surface area contributed by atoms with E-state index in [4.69, 9.17) is 11.6 Å². The maximum atomic E-state index is 9.40. The molecule has 72 valence electrons. The molecule has 1 aromatic carbocycles. The summed E-state index contributed by atoms with van der Waals surface area (Å²) in [5.74, 6) is 0.207. The number of halogens is 1. The molecule has 2 rings (SSSR count). The van der Waals surface area contributed by atoms with Crippen LogP contribution in [0.25, 0.3) is 11.1 Å². The van der Waals surface area contributed by atoms with Gasteiger partial charge in [-0.1, -0.05) is 11.6 Å². The summed E-state index contributed by atoms with van der Waals surface area (Å²) in [4.78, 5) is 1.23. The number of rotatable bonds is 1. The van der Waals surface area contributed by atoms with Crippen molar-refractivity contribution in [1.29, 1.82) is 0 Å². The molecule has 1 heterocycles. The summed E-state index contributed by atoms with van der Waals surface area (Å²) >= 11 is 7.55. The van der Waals surface area contributed by atoms with Crippen molar-refractivity contribution in [1.82, 2.24) is 0 Å². The molecule has 0 fully saturated rings. The number of hydrogen-bond acceptors (Lipinski definition) is 2. The largest absolute Gasteiger partial charge is 0.508 e. The zero-order chi connectivity index (χ0) is 10.1. The van der Waals surface area contributed by atoms with Crippen LogP contribution < -0.4 is 0 Å². The summed E-state index contributed by atoms with van der Waals surface area (Å²) in [6.45, 7) is 2.05. The molecular weight excluding hydrogens is 216 g/mol. The monoisotopic (exact) mass is 224 g/mol. The predicted octanol–water partition coefficient (Wildman–Crippen LogP) is 4.08. The Balaban J connectivity index is 2.57. The molecule has 2 aromatic rings. The molecule has 0 aliphatic rings. The van der Waals surface area contributed by atoms with Crippen LogP contribution >= 0.6 is 22.9 Å². The van der Waals surface area contributed by atoms with Gasteiger partial charge in [0.1, 0.15) is 5.75 Å². The van der Waals surface area contributed by atoms with Gasteiger partial charge in [-0.15, -0.1) is 11.3 Å². The molecule has 14 heavy (non-hydrogen) atoms. The number of aryl methyl sites for hydroxylation is 1. The Kier molecular flexibility index (Phi) is 2.48. The summed E-state index contributed by atoms with van der Waals surface area (Å²) in [6.07, 6.45) is 0. The topological polar surface area (TPSA) is 20.2 Å². The first-order valence-electron chi connectivity index (χ1n) is 4.21. The van der Waals surface area contributed by atoms with Crippen molar-refractivity contribution in [3.8, 4) is 16.9 Å². The fourth-order valence-corrected chi connectivity index (χ4v) is 2.36. The average Bonchev–Trinajstić information content (AvgIpc) is 2.49. The highest BCUT2D eigenvalue weighted by atomic mass is 35.5. The third-order valence-electron chi connectivity index (χ3n) is 2.05. The summed E-state index contributed by atoms with van der Waals surface area (Å²) in [7, 11) is 0. The van der Waals surface area contributed by atoms with E-state index >= 15 is 0 Å². The number of phenolic OH excluding ortho intramolecular Hbond substituents is 1. The fraction of sp³-hybridized carbons (Fsp3) is 0.0909. The van der Waals surface area contributed by atoms with Crippen molar-refractivity contribution in [2.24, 2.45) is 0 Å². The number of hydrogen-bond donors (Lipinski definition) is 1. The summed E-state index contributed by atoms with van der Waals surface area (Å²) in [6, 6.07) is 7.15. The Morgan fingerprint density at radius 2 is 2.07 bits per heavy atom. The number of aromatic hydroxyl groups is 1. The second-order valence-corrected chi connectivity index (χ2v) is 4.65. The van der Waals surface area contributed by atoms with Crippen LogP contribution in [0.1, 0.15) is 4.88 Å². The maximum Gasteiger partial charge on any atom is 0.117 e. The lowest BCUT2D eigenvalue weighted by atomic mass is 10.1. The highest BCUT2D eigenvalue weighted by molar-refractivity contribution is 7.10. The Morgan fingerprint density at radius 1 is 1.29 bits per heavy atom. The van der Waals surface area contributed by atoms with Crippen LogP contribution in [-0.4, -0.2) is 5.11 Å². The minimum Gasteiger partial charge on any atom is -0.508 e. The van der Waals surface area contributed by atoms with E-state index in [1.54, 1.807) is 17.4 Å². The molecule has 0 radical (unpaired) electrons. The summed E-state index contributed by atoms with van der Waals surface area (Å²) in [5, 5.41) is 12.0. The normalized spacial score (nSPS) is 10.4. The molecule has 0 aliphatic heterocycles. The zero-order valence-electron chi connectivity index (χ0n) is 7.62. The van der Waals surface area contributed by atoms with E-state index in [0.717, 1.165) is 11.1 Å². The molecule has 0 atom stereocenters. The van der Waals surface area contributed by atoms with Crippen molar-refractivity contribution in [2.75, 3.05) is 0 Å². The second-order valence-electron chi connectivity index (χ2n) is 3.09. The third-order valence-corrected chi connectivity index (χ3v) is 3.12. The van der Waals surface area contributed by atoms with Crippen LogP contribution in [0.5, 0.6) is 5.75 Å². The van der Waals surface area contributed by atoms with Crippen LogP contribution in [0, 0.1) is 6.92 Å². The van der Waals surface area contributed by atoms with Crippen LogP contribution in [0.3, 0.4) is 0 Å². The average molecular weight is 225 g/mol. The molecule has 0 saturated heterocycles. The van der Waals surface area contributed by atoms with Gasteiger partial charge in [-0.05, 0) is 47.7 Å². The standard InChI is InChI=1S/C11H9ClOS/c1-7-11(2-3-14-7)8-4-9(12)6-10(13)5-8/h2-6,13H,1H3. The van der Waals surface area contributed by atoms with Gasteiger partial charge in [-0.25, -0.2) is 0 Å². The molecule has 0 aliphatic carbocycles. The minimum absolute atomic E-state index is 0.207. The summed E-state index contributed by atoms with van der Waals surface area (Å²) < 4.78 is 0. The molecule has 0 spiro atoms. The van der Waals surface area contributed by atoms with Gasteiger partial charge in [0.25, 0.3) is 0 Å². The molecule has 3 heteroatoms. The molecule has 0 unspecified atom stereocenters. The first kappa shape index (κ1) is 9.56. The van der Waals surface area contributed by atoms with E-state index in [2.05, 4.69) is 6.92 Å². The Hall–Kier alpha value is -0.990. The van der Waals surface area contributed by atoms with E-state index in [1.807, 2.05) is 17.5 Å². The maximum absolute atomic E-state index is 9.40. The summed E-state index contributed by atoms with van der Waals surface area (Å²) in [5.41, 5.74) is 2.10. The lowest BCUT2D eigenvalue weighted by molar-refractivity contribution is 0.475. The van der Waals surface area contributed by atoms with Gasteiger partial charge in [-0.2, -0.15) is 0 Å². The van der Waals surface area contributed by atoms with Gasteiger partial charge in [-0.3, -0.25) is 0 Å². The third kappa shape index (κ3) is 1.76. The highest BCUT2D eigenvalue weighted by Crippen LogP contribution is 2.32. The van der Waals surface area contributed by atoms with Gasteiger partial charge in [0, 0.05) is 9.90 Å². The van der Waals surface area contributed by atoms with Crippen LogP contribution in [-0.2, 0) is 0 Å². The molecule has 1 aromatic heterocycles. The first-order valence-corrected chi connectivity index (χ1v) is 5.46. The smallest absolute Gasteiger partial charge is 0.117 e. The van der Waals surface area contributed by atoms with Crippen LogP contribution in [0.4, 0.5) is 0 Å². The molecular formula is C11H9ClOS. The SMILES string of the molecule is Cc1sccc1-c1cc(O)cc(Cl)c1. The van der Waals surface area contributed by atoms with Crippen LogP contribution in [0.15, 0.2) is 29.6 Å². The van der Waals surface area contributed by atoms with E-state index in [1.165, 1.54) is 10.9 Å². The van der Waals surface area contributed by atoms with E-state index in [0.29, 0.717) is 5.02 Å². The van der Waals surface area contributed by atoms with Gasteiger partial charge in [0.2, 0.25) is 0 Å². The fourth-order valence-electron chi connectivity index (χ4n) is 1.41. The minimum atomic E-state index is 0.207. The van der Waals surface area contributed by atoms with Crippen LogP contribution in [0.2, 0.25) is 5.02 Å². The van der Waals surface area contributed by atoms with Crippen molar-refractivity contribution in [2.45, 2.75) is 6.92 Å². The number of phenols is 1. The van der Waals surface area contributed by atoms with E-state index in [9.17, 15) is 5.11 Å². The molecule has 0 bridgehead atoms. The Morgan fingerprint density at radius 3 is 2.64 bits per heavy atom. The second kappa shape index (κ2) is 3.64. The zero-order valence-corrected chi connectivity index (χ0v) is 9.19. The van der Waals surface area contributed by atoms with Crippen molar-refractivity contribution >= 4 is 22.9 Å². The Labute approximate surface area is 91.6 Å². The first-order chi connectivity index (χ1) is 6.66. The molecule has 1 N–H and O–H groups in total. The van der Waals surface area contributed by atoms with E-state index < -0.39 is 0 Å². The van der Waals surface area contributed by atoms with Gasteiger partial charge < -0.3 is 5.11 Å². The lowest BCUT2D eigenvalue weighted by Crippen LogP contribution is -1.77. The quantitative estimate of drug-likeness (QED) is 0.774. The van der Waals surface area contributed by atoms with Gasteiger partial charge in [0.05, 0.1) is 0 Å². The molecule has 1 nitrogen and oxygen atoms in total. The van der Waals surface area contributed by atoms with Crippen molar-refractivity contribution < 1.29 is 5.11 Å². The number of benzene rings is 1. The van der Waals surface area contributed by atoms with Crippen molar-refractivity contribution in [3.63, 3.8) is 0 Å². The highest BCUT2D eigenvalue weighted by Gasteiger charge is 2.05. The van der Waals surface area contributed by atoms with E-state index in [-0.39, 0.29) is 5.75 Å². The Bertz CT molecular complexity index is 442. The van der Waals surface area contributed by atoms with Gasteiger partial charge >= 0.3 is 0 Å². The lowest BCUT2D eigenvalue weighted by Gasteiger charge is -2.02. The van der Waals surface area contributed by atoms with Gasteiger partial charge in [0.15, 0.2) is 0 Å². The molecule has 0 saturated carbocycles. The predicted molar refractivity (Wildman–Crippen MR) is 61.2 cm³/mol. The van der Waals surface area contributed by atoms with Crippen molar-refractivity contribution in [3.05, 3.63) is 39.5 Å².